The number of benzene rings is 1. The summed E-state index contributed by atoms with van der Waals surface area (Å²) in [7, 11) is 0. The minimum absolute atomic E-state index is 0.114. The fraction of sp³-hybridized carbons (Fsp3) is 0.308. The second-order valence-electron chi connectivity index (χ2n) is 4.18. The normalized spacial score (nSPS) is 10.7. The molecule has 0 aliphatic heterocycles. The lowest BCUT2D eigenvalue weighted by Gasteiger charge is -2.10. The second kappa shape index (κ2) is 5.77. The molecule has 3 nitrogen and oxygen atoms in total. The molecule has 0 fully saturated rings. The van der Waals surface area contributed by atoms with E-state index in [4.69, 9.17) is 0 Å². The van der Waals surface area contributed by atoms with Gasteiger partial charge in [-0.1, -0.05) is 0 Å². The van der Waals surface area contributed by atoms with E-state index in [0.717, 1.165) is 23.8 Å². The van der Waals surface area contributed by atoms with Gasteiger partial charge in [-0.05, 0) is 25.1 Å². The SMILES string of the molecule is Cc1cnn(CCF)c1NCc1cc(F)ccc1F. The Balaban J connectivity index is 2.14. The first-order valence-electron chi connectivity index (χ1n) is 5.88. The molecule has 0 atom stereocenters. The monoisotopic (exact) mass is 269 g/mol. The molecule has 0 aliphatic rings. The van der Waals surface area contributed by atoms with Crippen molar-refractivity contribution >= 4 is 5.82 Å². The zero-order valence-corrected chi connectivity index (χ0v) is 10.5. The Morgan fingerprint density at radius 1 is 1.32 bits per heavy atom. The number of hydrogen-bond donors (Lipinski definition) is 1. The molecule has 0 radical (unpaired) electrons. The standard InChI is InChI=1S/C13H14F3N3/c1-9-7-18-19(5-4-14)13(9)17-8-10-6-11(15)2-3-12(10)16/h2-3,6-7,17H,4-5,8H2,1H3. The average Bonchev–Trinajstić information content (AvgIpc) is 2.72. The summed E-state index contributed by atoms with van der Waals surface area (Å²) in [5.41, 5.74) is 1.04. The number of aromatic nitrogens is 2. The lowest BCUT2D eigenvalue weighted by Crippen LogP contribution is -2.10. The van der Waals surface area contributed by atoms with E-state index in [0.29, 0.717) is 5.82 Å². The number of nitrogens with zero attached hydrogens (tertiary/aromatic N) is 2. The van der Waals surface area contributed by atoms with Gasteiger partial charge in [0.1, 0.15) is 24.1 Å². The topological polar surface area (TPSA) is 29.9 Å². The Morgan fingerprint density at radius 2 is 2.11 bits per heavy atom. The predicted molar refractivity (Wildman–Crippen MR) is 66.6 cm³/mol. The molecule has 0 saturated carbocycles. The molecule has 0 amide bonds. The van der Waals surface area contributed by atoms with Crippen molar-refractivity contribution in [2.24, 2.45) is 0 Å². The molecule has 1 N–H and O–H groups in total. The van der Waals surface area contributed by atoms with Gasteiger partial charge in [0.2, 0.25) is 0 Å². The number of rotatable bonds is 5. The number of aryl methyl sites for hydroxylation is 2. The lowest BCUT2D eigenvalue weighted by atomic mass is 10.2. The van der Waals surface area contributed by atoms with Crippen molar-refractivity contribution in [3.8, 4) is 0 Å². The molecular weight excluding hydrogens is 255 g/mol. The van der Waals surface area contributed by atoms with Crippen molar-refractivity contribution in [2.45, 2.75) is 20.0 Å². The molecule has 0 spiro atoms. The third-order valence-corrected chi connectivity index (χ3v) is 2.77. The minimum Gasteiger partial charge on any atom is -0.366 e. The summed E-state index contributed by atoms with van der Waals surface area (Å²) in [6.07, 6.45) is 1.60. The first kappa shape index (κ1) is 13.5. The molecule has 0 aliphatic carbocycles. The van der Waals surface area contributed by atoms with E-state index in [2.05, 4.69) is 10.4 Å². The molecule has 19 heavy (non-hydrogen) atoms. The third-order valence-electron chi connectivity index (χ3n) is 2.77. The summed E-state index contributed by atoms with van der Waals surface area (Å²) in [5, 5.41) is 6.96. The van der Waals surface area contributed by atoms with Gasteiger partial charge in [0.25, 0.3) is 0 Å². The maximum absolute atomic E-state index is 13.5. The molecule has 0 saturated heterocycles. The van der Waals surface area contributed by atoms with E-state index >= 15 is 0 Å². The van der Waals surface area contributed by atoms with Gasteiger partial charge in [-0.2, -0.15) is 5.10 Å². The Morgan fingerprint density at radius 3 is 2.84 bits per heavy atom. The van der Waals surface area contributed by atoms with E-state index in [1.807, 2.05) is 6.92 Å². The highest BCUT2D eigenvalue weighted by atomic mass is 19.1. The van der Waals surface area contributed by atoms with Gasteiger partial charge in [0, 0.05) is 17.7 Å². The van der Waals surface area contributed by atoms with Crippen LogP contribution in [0.2, 0.25) is 0 Å². The van der Waals surface area contributed by atoms with Crippen LogP contribution in [0.3, 0.4) is 0 Å². The number of hydrogen-bond acceptors (Lipinski definition) is 2. The number of anilines is 1. The van der Waals surface area contributed by atoms with Crippen LogP contribution in [0.4, 0.5) is 19.0 Å². The van der Waals surface area contributed by atoms with Gasteiger partial charge in [-0.3, -0.25) is 0 Å². The van der Waals surface area contributed by atoms with E-state index in [1.54, 1.807) is 6.20 Å². The second-order valence-corrected chi connectivity index (χ2v) is 4.18. The third kappa shape index (κ3) is 3.07. The molecule has 0 unspecified atom stereocenters. The van der Waals surface area contributed by atoms with E-state index in [1.165, 1.54) is 4.68 Å². The van der Waals surface area contributed by atoms with Crippen molar-refractivity contribution in [3.63, 3.8) is 0 Å². The van der Waals surface area contributed by atoms with Crippen molar-refractivity contribution in [2.75, 3.05) is 12.0 Å². The number of alkyl halides is 1. The van der Waals surface area contributed by atoms with Crippen molar-refractivity contribution in [3.05, 3.63) is 47.2 Å². The maximum Gasteiger partial charge on any atom is 0.128 e. The lowest BCUT2D eigenvalue weighted by molar-refractivity contribution is 0.429. The molecule has 1 heterocycles. The Kier molecular flexibility index (Phi) is 4.09. The minimum atomic E-state index is -0.538. The van der Waals surface area contributed by atoms with Crippen LogP contribution in [0.15, 0.2) is 24.4 Å². The maximum atomic E-state index is 13.5. The zero-order chi connectivity index (χ0) is 13.8. The first-order chi connectivity index (χ1) is 9.11. The van der Waals surface area contributed by atoms with Gasteiger partial charge in [-0.15, -0.1) is 0 Å². The van der Waals surface area contributed by atoms with Crippen molar-refractivity contribution in [1.82, 2.24) is 9.78 Å². The summed E-state index contributed by atoms with van der Waals surface area (Å²) in [4.78, 5) is 0. The Labute approximate surface area is 109 Å². The van der Waals surface area contributed by atoms with Crippen LogP contribution >= 0.6 is 0 Å². The molecule has 1 aromatic carbocycles. The van der Waals surface area contributed by atoms with Gasteiger partial charge in [0.15, 0.2) is 0 Å². The predicted octanol–water partition coefficient (Wildman–Crippen LogP) is 3.05. The fourth-order valence-corrected chi connectivity index (χ4v) is 1.82. The summed E-state index contributed by atoms with van der Waals surface area (Å²) in [6.45, 7) is 1.51. The Hall–Kier alpha value is -1.98. The smallest absolute Gasteiger partial charge is 0.128 e. The van der Waals surface area contributed by atoms with Crippen LogP contribution in [-0.2, 0) is 13.1 Å². The van der Waals surface area contributed by atoms with Gasteiger partial charge < -0.3 is 5.32 Å². The zero-order valence-electron chi connectivity index (χ0n) is 10.5. The first-order valence-corrected chi connectivity index (χ1v) is 5.88. The van der Waals surface area contributed by atoms with Crippen molar-refractivity contribution in [1.29, 1.82) is 0 Å². The number of halogens is 3. The number of nitrogens with one attached hydrogen (secondary N) is 1. The Bertz CT molecular complexity index is 566. The molecule has 2 rings (SSSR count). The van der Waals surface area contributed by atoms with Crippen LogP contribution in [0.5, 0.6) is 0 Å². The average molecular weight is 269 g/mol. The van der Waals surface area contributed by atoms with Crippen molar-refractivity contribution < 1.29 is 13.2 Å². The van der Waals surface area contributed by atoms with Crippen LogP contribution in [0.1, 0.15) is 11.1 Å². The molecule has 1 aromatic heterocycles. The van der Waals surface area contributed by atoms with Crippen LogP contribution in [0.25, 0.3) is 0 Å². The van der Waals surface area contributed by atoms with Gasteiger partial charge >= 0.3 is 0 Å². The summed E-state index contributed by atoms with van der Waals surface area (Å²) in [5.74, 6) is -0.364. The summed E-state index contributed by atoms with van der Waals surface area (Å²) in [6, 6.07) is 3.28. The molecule has 102 valence electrons. The van der Waals surface area contributed by atoms with Crippen LogP contribution in [-0.4, -0.2) is 16.5 Å². The highest BCUT2D eigenvalue weighted by Gasteiger charge is 2.09. The summed E-state index contributed by atoms with van der Waals surface area (Å²) < 4.78 is 40.3. The highest BCUT2D eigenvalue weighted by molar-refractivity contribution is 5.43. The summed E-state index contributed by atoms with van der Waals surface area (Å²) >= 11 is 0. The van der Waals surface area contributed by atoms with Gasteiger partial charge in [-0.25, -0.2) is 17.9 Å². The quantitative estimate of drug-likeness (QED) is 0.904. The van der Waals surface area contributed by atoms with Crippen LogP contribution in [0, 0.1) is 18.6 Å². The highest BCUT2D eigenvalue weighted by Crippen LogP contribution is 2.17. The van der Waals surface area contributed by atoms with E-state index < -0.39 is 18.3 Å². The fourth-order valence-electron chi connectivity index (χ4n) is 1.82. The molecule has 2 aromatic rings. The van der Waals surface area contributed by atoms with Crippen LogP contribution < -0.4 is 5.32 Å². The largest absolute Gasteiger partial charge is 0.366 e. The van der Waals surface area contributed by atoms with Gasteiger partial charge in [0.05, 0.1) is 12.7 Å². The van der Waals surface area contributed by atoms with E-state index in [9.17, 15) is 13.2 Å². The molecular formula is C13H14F3N3. The molecule has 6 heteroatoms. The molecule has 0 bridgehead atoms. The van der Waals surface area contributed by atoms with E-state index in [-0.39, 0.29) is 18.7 Å².